The highest BCUT2D eigenvalue weighted by Crippen LogP contribution is 2.23. The molecule has 0 aliphatic carbocycles. The summed E-state index contributed by atoms with van der Waals surface area (Å²) in [6.45, 7) is 4.17. The number of nitrogens with zero attached hydrogens (tertiary/aromatic N) is 5. The Hall–Kier alpha value is -3.46. The van der Waals surface area contributed by atoms with E-state index in [9.17, 15) is 4.79 Å². The first-order valence-corrected chi connectivity index (χ1v) is 9.63. The third-order valence-electron chi connectivity index (χ3n) is 4.50. The molecule has 0 unspecified atom stereocenters. The van der Waals surface area contributed by atoms with Gasteiger partial charge in [-0.1, -0.05) is 30.6 Å². The van der Waals surface area contributed by atoms with E-state index in [1.54, 1.807) is 34.9 Å². The lowest BCUT2D eigenvalue weighted by Gasteiger charge is -2.09. The van der Waals surface area contributed by atoms with Gasteiger partial charge in [0.05, 0.1) is 19.2 Å². The fraction of sp³-hybridized carbons (Fsp3) is 0.250. The van der Waals surface area contributed by atoms with Crippen LogP contribution in [0.15, 0.2) is 41.1 Å². The van der Waals surface area contributed by atoms with E-state index in [0.717, 1.165) is 5.56 Å². The van der Waals surface area contributed by atoms with Crippen molar-refractivity contribution in [3.8, 4) is 17.2 Å². The van der Waals surface area contributed by atoms with Crippen molar-refractivity contribution < 1.29 is 14.1 Å². The van der Waals surface area contributed by atoms with Gasteiger partial charge in [-0.3, -0.25) is 9.20 Å². The van der Waals surface area contributed by atoms with Gasteiger partial charge in [0.2, 0.25) is 0 Å². The van der Waals surface area contributed by atoms with Crippen molar-refractivity contribution in [3.05, 3.63) is 58.8 Å². The molecule has 1 amide bonds. The van der Waals surface area contributed by atoms with Crippen LogP contribution in [0.1, 0.15) is 41.8 Å². The minimum Gasteiger partial charge on any atom is -0.496 e. The molecule has 0 radical (unpaired) electrons. The molecule has 0 aliphatic heterocycles. The highest BCUT2D eigenvalue weighted by molar-refractivity contribution is 6.31. The van der Waals surface area contributed by atoms with E-state index in [1.807, 2.05) is 19.9 Å². The van der Waals surface area contributed by atoms with E-state index in [-0.39, 0.29) is 18.4 Å². The van der Waals surface area contributed by atoms with Gasteiger partial charge in [0.15, 0.2) is 17.3 Å². The van der Waals surface area contributed by atoms with Crippen LogP contribution in [0, 0.1) is 0 Å². The number of rotatable bonds is 6. The molecular weight excluding hydrogens is 408 g/mol. The van der Waals surface area contributed by atoms with Crippen molar-refractivity contribution in [2.24, 2.45) is 0 Å². The quantitative estimate of drug-likeness (QED) is 0.502. The van der Waals surface area contributed by atoms with Crippen molar-refractivity contribution in [2.45, 2.75) is 26.3 Å². The molecule has 30 heavy (non-hydrogen) atoms. The zero-order valence-corrected chi connectivity index (χ0v) is 17.3. The van der Waals surface area contributed by atoms with Gasteiger partial charge in [0, 0.05) is 22.7 Å². The SMILES string of the molecule is COc1ccc(Cl)cc1C(=O)NCc1nnc2cc(-c3nc(C(C)C)no3)ccn12. The second kappa shape index (κ2) is 8.11. The number of carbonyl (C=O) groups is 1. The Balaban J connectivity index is 1.53. The standard InChI is InChI=1S/C20H19ClN6O3/c1-11(2)18-23-20(30-26-18)12-6-7-27-16(8-12)24-25-17(27)10-22-19(28)14-9-13(21)4-5-15(14)29-3/h4-9,11H,10H2,1-3H3,(H,22,28). The molecule has 1 aromatic carbocycles. The van der Waals surface area contributed by atoms with Crippen molar-refractivity contribution in [2.75, 3.05) is 7.11 Å². The predicted octanol–water partition coefficient (Wildman–Crippen LogP) is 3.49. The molecule has 4 rings (SSSR count). The first kappa shape index (κ1) is 19.8. The van der Waals surface area contributed by atoms with Gasteiger partial charge in [-0.05, 0) is 30.3 Å². The molecule has 4 aromatic rings. The molecule has 1 N–H and O–H groups in total. The van der Waals surface area contributed by atoms with Crippen LogP contribution >= 0.6 is 11.6 Å². The predicted molar refractivity (Wildman–Crippen MR) is 110 cm³/mol. The van der Waals surface area contributed by atoms with Gasteiger partial charge in [0.1, 0.15) is 5.75 Å². The minimum absolute atomic E-state index is 0.174. The summed E-state index contributed by atoms with van der Waals surface area (Å²) in [4.78, 5) is 17.0. The number of hydrogen-bond acceptors (Lipinski definition) is 7. The first-order chi connectivity index (χ1) is 14.5. The molecule has 3 heterocycles. The molecule has 0 saturated heterocycles. The van der Waals surface area contributed by atoms with E-state index >= 15 is 0 Å². The van der Waals surface area contributed by atoms with Gasteiger partial charge in [-0.15, -0.1) is 10.2 Å². The number of ether oxygens (including phenoxy) is 1. The van der Waals surface area contributed by atoms with E-state index in [2.05, 4.69) is 25.7 Å². The van der Waals surface area contributed by atoms with E-state index in [4.69, 9.17) is 20.9 Å². The molecule has 9 nitrogen and oxygen atoms in total. The first-order valence-electron chi connectivity index (χ1n) is 9.25. The third-order valence-corrected chi connectivity index (χ3v) is 4.73. The zero-order chi connectivity index (χ0) is 21.3. The summed E-state index contributed by atoms with van der Waals surface area (Å²) in [5.74, 6) is 1.92. The lowest BCUT2D eigenvalue weighted by atomic mass is 10.2. The van der Waals surface area contributed by atoms with Crippen LogP contribution in [0.3, 0.4) is 0 Å². The molecule has 0 spiro atoms. The van der Waals surface area contributed by atoms with Gasteiger partial charge in [-0.25, -0.2) is 0 Å². The van der Waals surface area contributed by atoms with E-state index < -0.39 is 0 Å². The Morgan fingerprint density at radius 2 is 2.10 bits per heavy atom. The topological polar surface area (TPSA) is 107 Å². The fourth-order valence-corrected chi connectivity index (χ4v) is 3.06. The minimum atomic E-state index is -0.324. The van der Waals surface area contributed by atoms with Crippen LogP contribution in [0.4, 0.5) is 0 Å². The van der Waals surface area contributed by atoms with Gasteiger partial charge in [0.25, 0.3) is 11.8 Å². The lowest BCUT2D eigenvalue weighted by molar-refractivity contribution is 0.0946. The Morgan fingerprint density at radius 1 is 1.27 bits per heavy atom. The number of amides is 1. The molecule has 0 fully saturated rings. The average molecular weight is 427 g/mol. The average Bonchev–Trinajstić information content (AvgIpc) is 3.39. The number of benzene rings is 1. The fourth-order valence-electron chi connectivity index (χ4n) is 2.89. The lowest BCUT2D eigenvalue weighted by Crippen LogP contribution is -2.24. The Morgan fingerprint density at radius 3 is 2.83 bits per heavy atom. The number of pyridine rings is 1. The summed E-state index contributed by atoms with van der Waals surface area (Å²) in [6, 6.07) is 8.50. The molecule has 154 valence electrons. The van der Waals surface area contributed by atoms with Crippen molar-refractivity contribution >= 4 is 23.2 Å². The Kier molecular flexibility index (Phi) is 5.37. The molecule has 0 aliphatic rings. The highest BCUT2D eigenvalue weighted by Gasteiger charge is 2.16. The molecule has 0 saturated carbocycles. The molecule has 0 bridgehead atoms. The third kappa shape index (κ3) is 3.84. The summed E-state index contributed by atoms with van der Waals surface area (Å²) in [5.41, 5.74) is 1.69. The van der Waals surface area contributed by atoms with Crippen molar-refractivity contribution in [1.82, 2.24) is 30.1 Å². The Bertz CT molecular complexity index is 1220. The normalized spacial score (nSPS) is 11.2. The van der Waals surface area contributed by atoms with Crippen LogP contribution < -0.4 is 10.1 Å². The number of hydrogen-bond donors (Lipinski definition) is 1. The highest BCUT2D eigenvalue weighted by atomic mass is 35.5. The van der Waals surface area contributed by atoms with E-state index in [1.165, 1.54) is 7.11 Å². The van der Waals surface area contributed by atoms with Crippen LogP contribution in [0.5, 0.6) is 5.75 Å². The summed E-state index contributed by atoms with van der Waals surface area (Å²) in [6.07, 6.45) is 1.80. The largest absolute Gasteiger partial charge is 0.496 e. The summed E-state index contributed by atoms with van der Waals surface area (Å²) < 4.78 is 12.3. The molecule has 10 heteroatoms. The number of nitrogens with one attached hydrogen (secondary N) is 1. The molecule has 3 aromatic heterocycles. The summed E-state index contributed by atoms with van der Waals surface area (Å²) >= 11 is 6.00. The van der Waals surface area contributed by atoms with Crippen LogP contribution in [0.25, 0.3) is 17.1 Å². The number of aromatic nitrogens is 5. The number of carbonyl (C=O) groups excluding carboxylic acids is 1. The van der Waals surface area contributed by atoms with Crippen molar-refractivity contribution in [1.29, 1.82) is 0 Å². The Labute approximate surface area is 177 Å². The van der Waals surface area contributed by atoms with Gasteiger partial charge in [-0.2, -0.15) is 4.98 Å². The number of fused-ring (bicyclic) bond motifs is 1. The molecule has 0 atom stereocenters. The van der Waals surface area contributed by atoms with Gasteiger partial charge < -0.3 is 14.6 Å². The maximum atomic E-state index is 12.6. The van der Waals surface area contributed by atoms with Crippen LogP contribution in [-0.2, 0) is 6.54 Å². The zero-order valence-electron chi connectivity index (χ0n) is 16.6. The maximum Gasteiger partial charge on any atom is 0.258 e. The van der Waals surface area contributed by atoms with Gasteiger partial charge >= 0.3 is 0 Å². The van der Waals surface area contributed by atoms with E-state index in [0.29, 0.717) is 39.5 Å². The summed E-state index contributed by atoms with van der Waals surface area (Å²) in [5, 5.41) is 15.6. The maximum absolute atomic E-state index is 12.6. The number of halogens is 1. The van der Waals surface area contributed by atoms with Crippen LogP contribution in [-0.4, -0.2) is 37.8 Å². The second-order valence-corrected chi connectivity index (χ2v) is 7.34. The summed E-state index contributed by atoms with van der Waals surface area (Å²) in [7, 11) is 1.50. The molecular formula is C20H19ClN6O3. The van der Waals surface area contributed by atoms with Crippen LogP contribution in [0.2, 0.25) is 5.02 Å². The monoisotopic (exact) mass is 426 g/mol. The van der Waals surface area contributed by atoms with Crippen molar-refractivity contribution in [3.63, 3.8) is 0 Å². The second-order valence-electron chi connectivity index (χ2n) is 6.90. The smallest absolute Gasteiger partial charge is 0.258 e. The number of methoxy groups -OCH3 is 1.